The second-order valence-electron chi connectivity index (χ2n) is 5.17. The van der Waals surface area contributed by atoms with Gasteiger partial charge in [-0.2, -0.15) is 0 Å². The van der Waals surface area contributed by atoms with Crippen LogP contribution in [0, 0.1) is 20.2 Å². The fourth-order valence-corrected chi connectivity index (χ4v) is 2.74. The van der Waals surface area contributed by atoms with Gasteiger partial charge in [0.25, 0.3) is 0 Å². The molecule has 2 aliphatic rings. The van der Waals surface area contributed by atoms with E-state index in [1.54, 1.807) is 0 Å². The number of aliphatic hydroxyl groups is 2. The van der Waals surface area contributed by atoms with Gasteiger partial charge in [0, 0.05) is 18.2 Å². The van der Waals surface area contributed by atoms with Crippen LogP contribution in [-0.4, -0.2) is 42.3 Å². The summed E-state index contributed by atoms with van der Waals surface area (Å²) >= 11 is 11.6. The molecule has 0 fully saturated rings. The van der Waals surface area contributed by atoms with Crippen LogP contribution in [0.1, 0.15) is 6.42 Å². The molecule has 0 radical (unpaired) electrons. The predicted octanol–water partition coefficient (Wildman–Crippen LogP) is 1.51. The molecule has 8 nitrogen and oxygen atoms in total. The van der Waals surface area contributed by atoms with Crippen molar-refractivity contribution >= 4 is 23.2 Å². The van der Waals surface area contributed by atoms with Crippen LogP contribution in [0.25, 0.3) is 0 Å². The van der Waals surface area contributed by atoms with Crippen molar-refractivity contribution in [2.24, 2.45) is 0 Å². The van der Waals surface area contributed by atoms with Crippen molar-refractivity contribution in [3.05, 3.63) is 67.8 Å². The lowest BCUT2D eigenvalue weighted by Crippen LogP contribution is -2.45. The van der Waals surface area contributed by atoms with Gasteiger partial charge in [0.15, 0.2) is 6.10 Å². The molecular weight excluding hydrogens is 351 g/mol. The molecule has 0 aromatic rings. The van der Waals surface area contributed by atoms with E-state index < -0.39 is 32.1 Å². The van der Waals surface area contributed by atoms with Gasteiger partial charge in [-0.3, -0.25) is 20.2 Å². The first-order valence-electron chi connectivity index (χ1n) is 6.42. The molecule has 0 aliphatic heterocycles. The highest BCUT2D eigenvalue weighted by Gasteiger charge is 2.49. The topological polar surface area (TPSA) is 127 Å². The van der Waals surface area contributed by atoms with Crippen LogP contribution in [0.4, 0.5) is 0 Å². The molecule has 4 unspecified atom stereocenters. The number of hydrogen-bond acceptors (Lipinski definition) is 6. The van der Waals surface area contributed by atoms with Gasteiger partial charge in [0.05, 0.1) is 16.0 Å². The van der Waals surface area contributed by atoms with E-state index in [2.05, 4.69) is 0 Å². The van der Waals surface area contributed by atoms with Crippen molar-refractivity contribution in [3.63, 3.8) is 0 Å². The molecule has 0 spiro atoms. The summed E-state index contributed by atoms with van der Waals surface area (Å²) in [6.07, 6.45) is 4.04. The van der Waals surface area contributed by atoms with Crippen molar-refractivity contribution < 1.29 is 20.1 Å². The SMILES string of the molecule is O=[N+]([O-])C1(Cl)C=CC(O)C(CC2=CC=CC(Cl)([N+](=O)[O-])C2O)=C1. The fourth-order valence-electron chi connectivity index (χ4n) is 2.31. The molecule has 0 saturated carbocycles. The first-order valence-corrected chi connectivity index (χ1v) is 7.18. The number of rotatable bonds is 4. The maximum Gasteiger partial charge on any atom is 0.343 e. The number of nitro groups is 2. The summed E-state index contributed by atoms with van der Waals surface area (Å²) in [4.78, 5) is 16.2. The van der Waals surface area contributed by atoms with E-state index in [-0.39, 0.29) is 17.6 Å². The summed E-state index contributed by atoms with van der Waals surface area (Å²) < 4.78 is 0. The van der Waals surface area contributed by atoms with Gasteiger partial charge < -0.3 is 10.2 Å². The quantitative estimate of drug-likeness (QED) is 0.256. The largest absolute Gasteiger partial charge is 0.385 e. The number of aliphatic hydroxyl groups excluding tert-OH is 2. The smallest absolute Gasteiger partial charge is 0.343 e. The summed E-state index contributed by atoms with van der Waals surface area (Å²) in [7, 11) is 0. The standard InChI is InChI=1S/C13H12Cl2N2O6/c14-12(16(20)21)5-3-10(18)9(7-12)6-8-2-1-4-13(15,11(8)19)17(22)23/h1-5,7,10-11,18-19H,6H2. The Kier molecular flexibility index (Phi) is 4.63. The second kappa shape index (κ2) is 6.04. The Morgan fingerprint density at radius 2 is 1.78 bits per heavy atom. The Balaban J connectivity index is 2.30. The molecule has 10 heteroatoms. The van der Waals surface area contributed by atoms with Gasteiger partial charge in [-0.05, 0) is 46.8 Å². The van der Waals surface area contributed by atoms with Gasteiger partial charge >= 0.3 is 10.00 Å². The second-order valence-corrected chi connectivity index (χ2v) is 6.38. The zero-order valence-corrected chi connectivity index (χ0v) is 13.0. The third-order valence-corrected chi connectivity index (χ3v) is 4.47. The summed E-state index contributed by atoms with van der Waals surface area (Å²) in [6, 6.07) is 0. The van der Waals surface area contributed by atoms with Crippen molar-refractivity contribution in [3.8, 4) is 0 Å². The summed E-state index contributed by atoms with van der Waals surface area (Å²) in [5.41, 5.74) is 0.282. The van der Waals surface area contributed by atoms with Gasteiger partial charge in [-0.1, -0.05) is 12.2 Å². The first kappa shape index (κ1) is 17.6. The van der Waals surface area contributed by atoms with E-state index in [0.29, 0.717) is 0 Å². The highest BCUT2D eigenvalue weighted by molar-refractivity contribution is 6.25. The predicted molar refractivity (Wildman–Crippen MR) is 82.2 cm³/mol. The van der Waals surface area contributed by atoms with Gasteiger partial charge in [0.2, 0.25) is 0 Å². The minimum atomic E-state index is -2.22. The van der Waals surface area contributed by atoms with Crippen LogP contribution in [0.2, 0.25) is 0 Å². The van der Waals surface area contributed by atoms with Gasteiger partial charge in [0.1, 0.15) is 0 Å². The molecule has 0 bridgehead atoms. The third-order valence-electron chi connectivity index (χ3n) is 3.62. The van der Waals surface area contributed by atoms with E-state index in [9.17, 15) is 30.4 Å². The average molecular weight is 363 g/mol. The lowest BCUT2D eigenvalue weighted by atomic mass is 9.87. The van der Waals surface area contributed by atoms with Crippen LogP contribution < -0.4 is 0 Å². The molecule has 124 valence electrons. The molecule has 23 heavy (non-hydrogen) atoms. The van der Waals surface area contributed by atoms with Crippen LogP contribution in [0.15, 0.2) is 47.6 Å². The molecule has 2 N–H and O–H groups in total. The number of hydrogen-bond donors (Lipinski definition) is 2. The summed E-state index contributed by atoms with van der Waals surface area (Å²) in [5.74, 6) is 0. The molecular formula is C13H12Cl2N2O6. The fraction of sp³-hybridized carbons (Fsp3) is 0.385. The van der Waals surface area contributed by atoms with E-state index in [1.165, 1.54) is 12.2 Å². The van der Waals surface area contributed by atoms with E-state index in [1.807, 2.05) is 0 Å². The van der Waals surface area contributed by atoms with Crippen LogP contribution in [-0.2, 0) is 0 Å². The Morgan fingerprint density at radius 1 is 1.13 bits per heavy atom. The third kappa shape index (κ3) is 3.16. The first-order chi connectivity index (χ1) is 10.6. The molecule has 0 saturated heterocycles. The summed E-state index contributed by atoms with van der Waals surface area (Å²) in [6.45, 7) is 0. The highest BCUT2D eigenvalue weighted by Crippen LogP contribution is 2.36. The molecule has 0 aromatic heterocycles. The monoisotopic (exact) mass is 362 g/mol. The Hall–Kier alpha value is -1.74. The minimum Gasteiger partial charge on any atom is -0.385 e. The molecule has 0 amide bonds. The number of nitrogens with zero attached hydrogens (tertiary/aromatic N) is 2. The average Bonchev–Trinajstić information content (AvgIpc) is 2.47. The Labute approximate surface area is 140 Å². The van der Waals surface area contributed by atoms with Crippen molar-refractivity contribution in [1.82, 2.24) is 0 Å². The lowest BCUT2D eigenvalue weighted by Gasteiger charge is -2.28. The number of alkyl halides is 2. The molecule has 2 aliphatic carbocycles. The van der Waals surface area contributed by atoms with Crippen molar-refractivity contribution in [2.45, 2.75) is 28.6 Å². The van der Waals surface area contributed by atoms with Crippen molar-refractivity contribution in [2.75, 3.05) is 0 Å². The normalized spacial score (nSPS) is 36.3. The van der Waals surface area contributed by atoms with E-state index >= 15 is 0 Å². The lowest BCUT2D eigenvalue weighted by molar-refractivity contribution is -0.538. The maximum atomic E-state index is 11.0. The van der Waals surface area contributed by atoms with E-state index in [0.717, 1.165) is 24.3 Å². The minimum absolute atomic E-state index is 0.141. The zero-order chi connectivity index (χ0) is 17.4. The number of allylic oxidation sites excluding steroid dienone is 2. The highest BCUT2D eigenvalue weighted by atomic mass is 35.5. The molecule has 2 rings (SSSR count). The Morgan fingerprint density at radius 3 is 2.35 bits per heavy atom. The molecule has 0 aromatic carbocycles. The Bertz CT molecular complexity index is 673. The van der Waals surface area contributed by atoms with Crippen LogP contribution >= 0.6 is 23.2 Å². The summed E-state index contributed by atoms with van der Waals surface area (Å²) in [5, 5.41) is 42.1. The van der Waals surface area contributed by atoms with Crippen LogP contribution in [0.5, 0.6) is 0 Å². The molecule has 4 atom stereocenters. The van der Waals surface area contributed by atoms with Crippen molar-refractivity contribution in [1.29, 1.82) is 0 Å². The van der Waals surface area contributed by atoms with Gasteiger partial charge in [-0.15, -0.1) is 0 Å². The zero-order valence-electron chi connectivity index (χ0n) is 11.5. The van der Waals surface area contributed by atoms with Crippen LogP contribution in [0.3, 0.4) is 0 Å². The number of halogens is 2. The van der Waals surface area contributed by atoms with Gasteiger partial charge in [-0.25, -0.2) is 0 Å². The molecule has 0 heterocycles. The van der Waals surface area contributed by atoms with E-state index in [4.69, 9.17) is 23.2 Å². The maximum absolute atomic E-state index is 11.0.